The van der Waals surface area contributed by atoms with Crippen LogP contribution in [-0.4, -0.2) is 33.0 Å². The Balaban J connectivity index is 1.95. The number of hydrogen-bond donors (Lipinski definition) is 2. The van der Waals surface area contributed by atoms with Gasteiger partial charge in [0.1, 0.15) is 5.75 Å². The minimum absolute atomic E-state index is 0.0296. The topological polar surface area (TPSA) is 60.0 Å². The summed E-state index contributed by atoms with van der Waals surface area (Å²) < 4.78 is 15.9. The van der Waals surface area contributed by atoms with E-state index in [0.29, 0.717) is 11.5 Å². The molecule has 0 spiro atoms. The molecule has 1 unspecified atom stereocenters. The third-order valence-corrected chi connectivity index (χ3v) is 4.50. The van der Waals surface area contributed by atoms with E-state index in [1.807, 2.05) is 30.3 Å². The number of nitrogens with one attached hydrogen (secondary N) is 1. The van der Waals surface area contributed by atoms with Crippen molar-refractivity contribution in [2.45, 2.75) is 18.9 Å². The Hall–Kier alpha value is -2.40. The lowest BCUT2D eigenvalue weighted by Crippen LogP contribution is -2.31. The summed E-state index contributed by atoms with van der Waals surface area (Å²) >= 11 is 0. The number of aromatic hydroxyl groups is 1. The first-order chi connectivity index (χ1) is 11.7. The maximum absolute atomic E-state index is 10.7. The summed E-state index contributed by atoms with van der Waals surface area (Å²) in [5, 5.41) is 14.2. The summed E-state index contributed by atoms with van der Waals surface area (Å²) in [6.07, 6.45) is 1.63. The van der Waals surface area contributed by atoms with Crippen molar-refractivity contribution in [3.8, 4) is 23.0 Å². The zero-order chi connectivity index (χ0) is 17.1. The molecule has 2 aromatic carbocycles. The monoisotopic (exact) mass is 329 g/mol. The van der Waals surface area contributed by atoms with Crippen LogP contribution in [0.3, 0.4) is 0 Å². The number of fused-ring (bicyclic) bond motifs is 1. The fraction of sp³-hybridized carbons (Fsp3) is 0.368. The van der Waals surface area contributed by atoms with E-state index in [0.717, 1.165) is 36.3 Å². The third kappa shape index (κ3) is 2.99. The van der Waals surface area contributed by atoms with E-state index in [1.54, 1.807) is 21.3 Å². The van der Waals surface area contributed by atoms with Crippen LogP contribution in [0.2, 0.25) is 0 Å². The van der Waals surface area contributed by atoms with Gasteiger partial charge >= 0.3 is 0 Å². The summed E-state index contributed by atoms with van der Waals surface area (Å²) in [6, 6.07) is 10.00. The average Bonchev–Trinajstić information content (AvgIpc) is 2.62. The summed E-state index contributed by atoms with van der Waals surface area (Å²) in [4.78, 5) is 0. The van der Waals surface area contributed by atoms with Crippen LogP contribution in [0.1, 0.15) is 22.7 Å². The summed E-state index contributed by atoms with van der Waals surface area (Å²) in [6.45, 7) is 0.864. The highest BCUT2D eigenvalue weighted by Crippen LogP contribution is 2.45. The summed E-state index contributed by atoms with van der Waals surface area (Å²) in [7, 11) is 4.78. The van der Waals surface area contributed by atoms with Crippen molar-refractivity contribution in [2.75, 3.05) is 27.9 Å². The van der Waals surface area contributed by atoms with Gasteiger partial charge in [0, 0.05) is 11.6 Å². The molecule has 128 valence electrons. The molecule has 2 aromatic rings. The van der Waals surface area contributed by atoms with Crippen molar-refractivity contribution in [1.82, 2.24) is 5.32 Å². The molecule has 1 aliphatic heterocycles. The van der Waals surface area contributed by atoms with E-state index in [1.165, 1.54) is 5.56 Å². The summed E-state index contributed by atoms with van der Waals surface area (Å²) in [5.41, 5.74) is 3.17. The van der Waals surface area contributed by atoms with Gasteiger partial charge in [0.15, 0.2) is 11.5 Å². The van der Waals surface area contributed by atoms with Crippen molar-refractivity contribution in [1.29, 1.82) is 0 Å². The number of ether oxygens (including phenoxy) is 3. The smallest absolute Gasteiger partial charge is 0.203 e. The van der Waals surface area contributed by atoms with Gasteiger partial charge in [0.05, 0.1) is 21.3 Å². The molecule has 2 N–H and O–H groups in total. The predicted octanol–water partition coefficient (Wildman–Crippen LogP) is 2.85. The largest absolute Gasteiger partial charge is 0.504 e. The highest BCUT2D eigenvalue weighted by molar-refractivity contribution is 5.60. The lowest BCUT2D eigenvalue weighted by atomic mass is 9.89. The molecule has 5 heteroatoms. The molecule has 0 bridgehead atoms. The maximum atomic E-state index is 10.7. The van der Waals surface area contributed by atoms with E-state index in [4.69, 9.17) is 14.2 Å². The zero-order valence-electron chi connectivity index (χ0n) is 14.3. The molecule has 0 fully saturated rings. The van der Waals surface area contributed by atoms with Crippen molar-refractivity contribution in [3.63, 3.8) is 0 Å². The van der Waals surface area contributed by atoms with Crippen LogP contribution in [0.4, 0.5) is 0 Å². The molecule has 0 saturated carbocycles. The highest BCUT2D eigenvalue weighted by Gasteiger charge is 2.28. The van der Waals surface area contributed by atoms with Gasteiger partial charge in [-0.15, -0.1) is 0 Å². The summed E-state index contributed by atoms with van der Waals surface area (Å²) in [5.74, 6) is 1.96. The molecule has 3 rings (SSSR count). The molecular formula is C19H23NO4. The zero-order valence-corrected chi connectivity index (χ0v) is 14.3. The number of hydrogen-bond acceptors (Lipinski definition) is 5. The normalized spacial score (nSPS) is 16.4. The van der Waals surface area contributed by atoms with Gasteiger partial charge in [-0.2, -0.15) is 0 Å². The van der Waals surface area contributed by atoms with Crippen molar-refractivity contribution in [2.24, 2.45) is 0 Å². The minimum atomic E-state index is 0.0296. The molecule has 0 saturated heterocycles. The number of phenolic OH excluding ortho intramolecular Hbond substituents is 1. The molecule has 1 aliphatic rings. The van der Waals surface area contributed by atoms with Crippen LogP contribution in [0, 0.1) is 0 Å². The first kappa shape index (κ1) is 16.5. The molecule has 0 aromatic heterocycles. The quantitative estimate of drug-likeness (QED) is 0.883. The Labute approximate surface area is 142 Å². The second kappa shape index (κ2) is 7.01. The van der Waals surface area contributed by atoms with Gasteiger partial charge < -0.3 is 24.6 Å². The number of phenols is 1. The standard InChI is InChI=1S/C19H23NO4/c1-22-14-6-4-12(5-7-14)10-15-17-13(8-9-20-15)11-16(23-2)19(24-3)18(17)21/h4-7,11,15,20-21H,8-10H2,1-3H3. The lowest BCUT2D eigenvalue weighted by molar-refractivity contribution is 0.325. The highest BCUT2D eigenvalue weighted by atomic mass is 16.5. The molecule has 24 heavy (non-hydrogen) atoms. The first-order valence-electron chi connectivity index (χ1n) is 8.01. The Morgan fingerprint density at radius 1 is 1.08 bits per heavy atom. The Bertz CT molecular complexity index is 712. The Kier molecular flexibility index (Phi) is 4.81. The fourth-order valence-corrected chi connectivity index (χ4v) is 3.29. The first-order valence-corrected chi connectivity index (χ1v) is 8.01. The molecular weight excluding hydrogens is 306 g/mol. The molecule has 5 nitrogen and oxygen atoms in total. The molecule has 0 aliphatic carbocycles. The van der Waals surface area contributed by atoms with Crippen molar-refractivity contribution >= 4 is 0 Å². The Morgan fingerprint density at radius 2 is 1.83 bits per heavy atom. The SMILES string of the molecule is COc1ccc(CC2NCCc3cc(OC)c(OC)c(O)c32)cc1. The fourth-order valence-electron chi connectivity index (χ4n) is 3.29. The van der Waals surface area contributed by atoms with Crippen molar-refractivity contribution in [3.05, 3.63) is 47.0 Å². The van der Waals surface area contributed by atoms with Gasteiger partial charge in [-0.05, 0) is 48.7 Å². The molecule has 1 heterocycles. The van der Waals surface area contributed by atoms with Crippen LogP contribution in [0.25, 0.3) is 0 Å². The van der Waals surface area contributed by atoms with E-state index in [-0.39, 0.29) is 11.8 Å². The second-order valence-corrected chi connectivity index (χ2v) is 5.84. The number of benzene rings is 2. The van der Waals surface area contributed by atoms with Crippen LogP contribution in [0.15, 0.2) is 30.3 Å². The van der Waals surface area contributed by atoms with E-state index in [9.17, 15) is 5.11 Å². The van der Waals surface area contributed by atoms with Crippen molar-refractivity contribution < 1.29 is 19.3 Å². The number of methoxy groups -OCH3 is 3. The lowest BCUT2D eigenvalue weighted by Gasteiger charge is -2.29. The van der Waals surface area contributed by atoms with Gasteiger partial charge in [-0.3, -0.25) is 0 Å². The van der Waals surface area contributed by atoms with E-state index >= 15 is 0 Å². The average molecular weight is 329 g/mol. The molecule has 1 atom stereocenters. The second-order valence-electron chi connectivity index (χ2n) is 5.84. The predicted molar refractivity (Wildman–Crippen MR) is 92.4 cm³/mol. The van der Waals surface area contributed by atoms with E-state index < -0.39 is 0 Å². The van der Waals surface area contributed by atoms with Crippen LogP contribution in [0.5, 0.6) is 23.0 Å². The van der Waals surface area contributed by atoms with Crippen LogP contribution in [-0.2, 0) is 12.8 Å². The Morgan fingerprint density at radius 3 is 2.46 bits per heavy atom. The van der Waals surface area contributed by atoms with Gasteiger partial charge in [-0.1, -0.05) is 12.1 Å². The minimum Gasteiger partial charge on any atom is -0.504 e. The number of rotatable bonds is 5. The van der Waals surface area contributed by atoms with Crippen LogP contribution >= 0.6 is 0 Å². The van der Waals surface area contributed by atoms with Crippen LogP contribution < -0.4 is 19.5 Å². The third-order valence-electron chi connectivity index (χ3n) is 4.50. The van der Waals surface area contributed by atoms with Gasteiger partial charge in [0.2, 0.25) is 5.75 Å². The van der Waals surface area contributed by atoms with E-state index in [2.05, 4.69) is 5.32 Å². The maximum Gasteiger partial charge on any atom is 0.203 e. The van der Waals surface area contributed by atoms with Gasteiger partial charge in [0.25, 0.3) is 0 Å². The molecule has 0 amide bonds. The molecule has 0 radical (unpaired) electrons. The van der Waals surface area contributed by atoms with Gasteiger partial charge in [-0.25, -0.2) is 0 Å².